The number of likely N-dealkylation sites (N-methyl/N-ethyl adjacent to an activating group) is 1. The summed E-state index contributed by atoms with van der Waals surface area (Å²) >= 11 is 0. The maximum atomic E-state index is 12.8. The molecule has 0 aliphatic carbocycles. The Bertz CT molecular complexity index is 526. The number of methoxy groups -OCH3 is 1. The van der Waals surface area contributed by atoms with Crippen LogP contribution >= 0.6 is 0 Å². The SMILES string of the molecule is C=CC(O)N1CO[C@]2(CCN(C(=O)N(C)[C@H](C(=O)OC)C(C)C)C2)C1. The Morgan fingerprint density at radius 3 is 2.64 bits per heavy atom. The van der Waals surface area contributed by atoms with E-state index in [4.69, 9.17) is 9.47 Å². The molecule has 1 N–H and O–H groups in total. The molecule has 2 aliphatic heterocycles. The number of aliphatic hydroxyl groups excluding tert-OH is 1. The van der Waals surface area contributed by atoms with Gasteiger partial charge in [-0.3, -0.25) is 0 Å². The Balaban J connectivity index is 2.02. The Labute approximate surface area is 149 Å². The molecule has 8 nitrogen and oxygen atoms in total. The van der Waals surface area contributed by atoms with Gasteiger partial charge in [0, 0.05) is 20.1 Å². The number of nitrogens with zero attached hydrogens (tertiary/aromatic N) is 3. The molecule has 0 aromatic heterocycles. The third-order valence-corrected chi connectivity index (χ3v) is 4.99. The molecular formula is C17H29N3O5. The highest BCUT2D eigenvalue weighted by Crippen LogP contribution is 2.32. The molecule has 2 amide bonds. The first kappa shape index (κ1) is 19.7. The number of aliphatic hydroxyl groups is 1. The van der Waals surface area contributed by atoms with Crippen LogP contribution < -0.4 is 0 Å². The summed E-state index contributed by atoms with van der Waals surface area (Å²) in [4.78, 5) is 29.8. The molecule has 1 spiro atoms. The van der Waals surface area contributed by atoms with E-state index < -0.39 is 23.8 Å². The minimum atomic E-state index is -0.753. The standard InChI is InChI=1S/C17H29N3O5/c1-6-13(21)20-10-17(25-11-20)7-8-19(9-17)16(23)18(4)14(12(2)3)15(22)24-5/h6,12-14,21H,1,7-11H2,2-5H3/t13?,14-,17-/m0/s1. The first-order valence-corrected chi connectivity index (χ1v) is 8.53. The number of carbonyl (C=O) groups excluding carboxylic acids is 2. The fourth-order valence-electron chi connectivity index (χ4n) is 3.60. The van der Waals surface area contributed by atoms with Gasteiger partial charge in [-0.1, -0.05) is 20.4 Å². The molecule has 3 atom stereocenters. The lowest BCUT2D eigenvalue weighted by Gasteiger charge is -2.32. The molecule has 2 aliphatic rings. The van der Waals surface area contributed by atoms with Gasteiger partial charge in [0.1, 0.15) is 24.6 Å². The minimum absolute atomic E-state index is 0.0566. The van der Waals surface area contributed by atoms with E-state index >= 15 is 0 Å². The number of carbonyl (C=O) groups is 2. The smallest absolute Gasteiger partial charge is 0.328 e. The van der Waals surface area contributed by atoms with Gasteiger partial charge in [0.25, 0.3) is 0 Å². The normalized spacial score (nSPS) is 26.1. The maximum Gasteiger partial charge on any atom is 0.328 e. The number of hydrogen-bond donors (Lipinski definition) is 1. The molecule has 0 aromatic carbocycles. The van der Waals surface area contributed by atoms with E-state index in [9.17, 15) is 14.7 Å². The van der Waals surface area contributed by atoms with Crippen molar-refractivity contribution >= 4 is 12.0 Å². The fraction of sp³-hybridized carbons (Fsp3) is 0.765. The lowest BCUT2D eigenvalue weighted by molar-refractivity contribution is -0.147. The number of hydrogen-bond acceptors (Lipinski definition) is 6. The topological polar surface area (TPSA) is 82.6 Å². The molecule has 0 saturated carbocycles. The van der Waals surface area contributed by atoms with Crippen LogP contribution in [0.1, 0.15) is 20.3 Å². The molecule has 2 fully saturated rings. The number of likely N-dealkylation sites (tertiary alicyclic amines) is 1. The molecule has 2 saturated heterocycles. The van der Waals surface area contributed by atoms with Gasteiger partial charge in [-0.2, -0.15) is 0 Å². The van der Waals surface area contributed by atoms with Crippen molar-refractivity contribution in [1.82, 2.24) is 14.7 Å². The quantitative estimate of drug-likeness (QED) is 0.570. The van der Waals surface area contributed by atoms with Crippen molar-refractivity contribution < 1.29 is 24.2 Å². The van der Waals surface area contributed by atoms with Crippen molar-refractivity contribution in [1.29, 1.82) is 0 Å². The Morgan fingerprint density at radius 1 is 1.40 bits per heavy atom. The average molecular weight is 355 g/mol. The molecule has 0 radical (unpaired) electrons. The van der Waals surface area contributed by atoms with Crippen molar-refractivity contribution in [3.05, 3.63) is 12.7 Å². The predicted molar refractivity (Wildman–Crippen MR) is 91.6 cm³/mol. The number of amides is 2. The van der Waals surface area contributed by atoms with Crippen LogP contribution in [0.15, 0.2) is 12.7 Å². The summed E-state index contributed by atoms with van der Waals surface area (Å²) in [6.07, 6.45) is 1.39. The van der Waals surface area contributed by atoms with E-state index in [2.05, 4.69) is 6.58 Å². The largest absolute Gasteiger partial charge is 0.467 e. The second-order valence-corrected chi connectivity index (χ2v) is 7.13. The predicted octanol–water partition coefficient (Wildman–Crippen LogP) is 0.474. The monoisotopic (exact) mass is 355 g/mol. The zero-order valence-corrected chi connectivity index (χ0v) is 15.5. The van der Waals surface area contributed by atoms with Crippen molar-refractivity contribution in [2.24, 2.45) is 5.92 Å². The molecule has 142 valence electrons. The first-order chi connectivity index (χ1) is 11.7. The van der Waals surface area contributed by atoms with E-state index in [1.165, 1.54) is 18.1 Å². The van der Waals surface area contributed by atoms with Crippen molar-refractivity contribution in [3.63, 3.8) is 0 Å². The van der Waals surface area contributed by atoms with E-state index in [1.807, 2.05) is 13.8 Å². The molecule has 25 heavy (non-hydrogen) atoms. The van der Waals surface area contributed by atoms with Crippen LogP contribution in [0.3, 0.4) is 0 Å². The van der Waals surface area contributed by atoms with Crippen LogP contribution in [-0.4, -0.2) is 90.2 Å². The summed E-state index contributed by atoms with van der Waals surface area (Å²) < 4.78 is 10.7. The Kier molecular flexibility index (Phi) is 6.08. The van der Waals surface area contributed by atoms with Crippen molar-refractivity contribution in [2.75, 3.05) is 40.5 Å². The van der Waals surface area contributed by atoms with Gasteiger partial charge in [-0.15, -0.1) is 0 Å². The number of esters is 1. The summed E-state index contributed by atoms with van der Waals surface area (Å²) in [6, 6.07) is -0.843. The summed E-state index contributed by atoms with van der Waals surface area (Å²) in [5.74, 6) is -0.476. The summed E-state index contributed by atoms with van der Waals surface area (Å²) in [7, 11) is 2.95. The highest BCUT2D eigenvalue weighted by atomic mass is 16.5. The van der Waals surface area contributed by atoms with Gasteiger partial charge in [0.05, 0.1) is 13.7 Å². The van der Waals surface area contributed by atoms with Gasteiger partial charge < -0.3 is 24.4 Å². The average Bonchev–Trinajstić information content (AvgIpc) is 3.20. The highest BCUT2D eigenvalue weighted by molar-refractivity contribution is 5.84. The van der Waals surface area contributed by atoms with Gasteiger partial charge >= 0.3 is 12.0 Å². The molecule has 2 rings (SSSR count). The third-order valence-electron chi connectivity index (χ3n) is 4.99. The molecule has 8 heteroatoms. The second kappa shape index (κ2) is 7.72. The molecule has 0 bridgehead atoms. The lowest BCUT2D eigenvalue weighted by Crippen LogP contribution is -2.52. The van der Waals surface area contributed by atoms with Gasteiger partial charge in [-0.05, 0) is 18.4 Å². The Morgan fingerprint density at radius 2 is 2.08 bits per heavy atom. The lowest BCUT2D eigenvalue weighted by atomic mass is 10.0. The second-order valence-electron chi connectivity index (χ2n) is 7.13. The first-order valence-electron chi connectivity index (χ1n) is 8.53. The van der Waals surface area contributed by atoms with Crippen molar-refractivity contribution in [2.45, 2.75) is 38.1 Å². The molecule has 0 aromatic rings. The number of ether oxygens (including phenoxy) is 2. The third kappa shape index (κ3) is 3.96. The fourth-order valence-corrected chi connectivity index (χ4v) is 3.60. The zero-order valence-electron chi connectivity index (χ0n) is 15.5. The van der Waals surface area contributed by atoms with E-state index in [1.54, 1.807) is 16.8 Å². The molecule has 1 unspecified atom stereocenters. The van der Waals surface area contributed by atoms with Gasteiger partial charge in [-0.25, -0.2) is 14.5 Å². The van der Waals surface area contributed by atoms with Crippen LogP contribution in [0.2, 0.25) is 0 Å². The minimum Gasteiger partial charge on any atom is -0.467 e. The van der Waals surface area contributed by atoms with E-state index in [0.717, 1.165) is 0 Å². The van der Waals surface area contributed by atoms with Crippen LogP contribution in [0.5, 0.6) is 0 Å². The number of urea groups is 1. The van der Waals surface area contributed by atoms with Gasteiger partial charge in [0.2, 0.25) is 0 Å². The van der Waals surface area contributed by atoms with Gasteiger partial charge in [0.15, 0.2) is 0 Å². The highest BCUT2D eigenvalue weighted by Gasteiger charge is 2.48. The molecular weight excluding hydrogens is 326 g/mol. The summed E-state index contributed by atoms with van der Waals surface area (Å²) in [5.41, 5.74) is -0.473. The van der Waals surface area contributed by atoms with E-state index in [-0.39, 0.29) is 11.9 Å². The zero-order chi connectivity index (χ0) is 18.8. The number of rotatable bonds is 5. The van der Waals surface area contributed by atoms with Crippen LogP contribution in [-0.2, 0) is 14.3 Å². The Hall–Kier alpha value is -1.64. The van der Waals surface area contributed by atoms with Crippen LogP contribution in [0.4, 0.5) is 4.79 Å². The summed E-state index contributed by atoms with van der Waals surface area (Å²) in [6.45, 7) is 9.17. The summed E-state index contributed by atoms with van der Waals surface area (Å²) in [5, 5.41) is 9.87. The van der Waals surface area contributed by atoms with Crippen LogP contribution in [0, 0.1) is 5.92 Å². The van der Waals surface area contributed by atoms with Crippen molar-refractivity contribution in [3.8, 4) is 0 Å². The maximum absolute atomic E-state index is 12.8. The van der Waals surface area contributed by atoms with Crippen LogP contribution in [0.25, 0.3) is 0 Å². The van der Waals surface area contributed by atoms with E-state index in [0.29, 0.717) is 32.8 Å². The molecule has 2 heterocycles.